The maximum Gasteiger partial charge on any atom is 0.139 e. The van der Waals surface area contributed by atoms with Gasteiger partial charge < -0.3 is 9.88 Å². The van der Waals surface area contributed by atoms with Crippen molar-refractivity contribution >= 4 is 27.4 Å². The van der Waals surface area contributed by atoms with E-state index in [1.807, 2.05) is 25.4 Å². The Bertz CT molecular complexity index is 940. The van der Waals surface area contributed by atoms with Gasteiger partial charge in [0.15, 0.2) is 0 Å². The van der Waals surface area contributed by atoms with E-state index in [-0.39, 0.29) is 0 Å². The number of anilines is 1. The number of hydrogen-bond donors (Lipinski definition) is 1. The van der Waals surface area contributed by atoms with Crippen LogP contribution in [0.5, 0.6) is 0 Å². The van der Waals surface area contributed by atoms with Gasteiger partial charge in [-0.3, -0.25) is 0 Å². The topological polar surface area (TPSA) is 42.7 Å². The molecular formula is C18H16N4S. The van der Waals surface area contributed by atoms with Crippen molar-refractivity contribution < 1.29 is 0 Å². The third-order valence-electron chi connectivity index (χ3n) is 3.94. The van der Waals surface area contributed by atoms with E-state index in [0.29, 0.717) is 0 Å². The SMILES string of the molecule is Cn1cccc1CNc1ncnc2scc(-c3ccccc3)c12. The number of hydrogen-bond acceptors (Lipinski definition) is 4. The molecule has 0 atom stereocenters. The van der Waals surface area contributed by atoms with Crippen LogP contribution in [0.1, 0.15) is 5.69 Å². The van der Waals surface area contributed by atoms with Gasteiger partial charge in [0.25, 0.3) is 0 Å². The molecule has 114 valence electrons. The number of fused-ring (bicyclic) bond motifs is 1. The molecule has 0 aliphatic rings. The van der Waals surface area contributed by atoms with E-state index in [0.717, 1.165) is 22.6 Å². The second kappa shape index (κ2) is 5.85. The Morgan fingerprint density at radius 3 is 2.74 bits per heavy atom. The van der Waals surface area contributed by atoms with Crippen LogP contribution in [0.15, 0.2) is 60.4 Å². The molecule has 0 aliphatic heterocycles. The summed E-state index contributed by atoms with van der Waals surface area (Å²) in [5.74, 6) is 0.885. The molecule has 1 aromatic carbocycles. The van der Waals surface area contributed by atoms with Gasteiger partial charge in [0.1, 0.15) is 17.0 Å². The summed E-state index contributed by atoms with van der Waals surface area (Å²) in [4.78, 5) is 9.89. The molecule has 4 rings (SSSR count). The predicted molar refractivity (Wildman–Crippen MR) is 95.6 cm³/mol. The minimum atomic E-state index is 0.736. The van der Waals surface area contributed by atoms with Gasteiger partial charge in [0, 0.05) is 29.9 Å². The lowest BCUT2D eigenvalue weighted by molar-refractivity contribution is 0.841. The van der Waals surface area contributed by atoms with Crippen LogP contribution >= 0.6 is 11.3 Å². The first-order valence-electron chi connectivity index (χ1n) is 7.44. The Morgan fingerprint density at radius 1 is 1.09 bits per heavy atom. The molecule has 0 fully saturated rings. The van der Waals surface area contributed by atoms with Crippen LogP contribution in [0.25, 0.3) is 21.3 Å². The van der Waals surface area contributed by atoms with Gasteiger partial charge >= 0.3 is 0 Å². The molecule has 3 aromatic heterocycles. The van der Waals surface area contributed by atoms with Gasteiger partial charge in [-0.25, -0.2) is 9.97 Å². The number of nitrogens with one attached hydrogen (secondary N) is 1. The summed E-state index contributed by atoms with van der Waals surface area (Å²) in [5.41, 5.74) is 3.59. The zero-order valence-corrected chi connectivity index (χ0v) is 13.5. The average Bonchev–Trinajstić information content (AvgIpc) is 3.20. The maximum absolute atomic E-state index is 4.47. The molecule has 0 unspecified atom stereocenters. The molecule has 0 aliphatic carbocycles. The van der Waals surface area contributed by atoms with Crippen molar-refractivity contribution in [1.29, 1.82) is 0 Å². The lowest BCUT2D eigenvalue weighted by Crippen LogP contribution is -2.05. The minimum absolute atomic E-state index is 0.736. The largest absolute Gasteiger partial charge is 0.364 e. The molecule has 4 nitrogen and oxygen atoms in total. The van der Waals surface area contributed by atoms with Crippen LogP contribution in [0.4, 0.5) is 5.82 Å². The fourth-order valence-corrected chi connectivity index (χ4v) is 3.61. The number of aromatic nitrogens is 3. The predicted octanol–water partition coefficient (Wildman–Crippen LogP) is 4.31. The van der Waals surface area contributed by atoms with Crippen LogP contribution in [0, 0.1) is 0 Å². The Balaban J connectivity index is 1.75. The van der Waals surface area contributed by atoms with Gasteiger partial charge in [-0.2, -0.15) is 0 Å². The van der Waals surface area contributed by atoms with Crippen LogP contribution in [-0.2, 0) is 13.6 Å². The fraction of sp³-hybridized carbons (Fsp3) is 0.111. The summed E-state index contributed by atoms with van der Waals surface area (Å²) in [6.45, 7) is 0.736. The van der Waals surface area contributed by atoms with E-state index in [1.165, 1.54) is 16.8 Å². The molecule has 0 radical (unpaired) electrons. The van der Waals surface area contributed by atoms with Crippen molar-refractivity contribution in [3.63, 3.8) is 0 Å². The Kier molecular flexibility index (Phi) is 3.55. The Hall–Kier alpha value is -2.66. The normalized spacial score (nSPS) is 11.0. The maximum atomic E-state index is 4.47. The lowest BCUT2D eigenvalue weighted by Gasteiger charge is -2.09. The molecular weight excluding hydrogens is 304 g/mol. The van der Waals surface area contributed by atoms with Crippen molar-refractivity contribution in [3.8, 4) is 11.1 Å². The third kappa shape index (κ3) is 2.59. The molecule has 0 bridgehead atoms. The molecule has 4 aromatic rings. The van der Waals surface area contributed by atoms with E-state index in [1.54, 1.807) is 17.7 Å². The zero-order chi connectivity index (χ0) is 15.6. The van der Waals surface area contributed by atoms with Gasteiger partial charge in [0.05, 0.1) is 11.9 Å². The van der Waals surface area contributed by atoms with Gasteiger partial charge in [-0.1, -0.05) is 30.3 Å². The quantitative estimate of drug-likeness (QED) is 0.609. The highest BCUT2D eigenvalue weighted by Crippen LogP contribution is 2.36. The van der Waals surface area contributed by atoms with Crippen molar-refractivity contribution in [3.05, 3.63) is 66.1 Å². The van der Waals surface area contributed by atoms with Crippen LogP contribution in [0.2, 0.25) is 0 Å². The first kappa shape index (κ1) is 14.0. The number of aryl methyl sites for hydroxylation is 1. The second-order valence-electron chi connectivity index (χ2n) is 5.38. The standard InChI is InChI=1S/C18H16N4S/c1-22-9-5-8-14(22)10-19-17-16-15(13-6-3-2-4-7-13)11-23-18(16)21-12-20-17/h2-9,11-12H,10H2,1H3,(H,19,20,21). The Morgan fingerprint density at radius 2 is 1.96 bits per heavy atom. The van der Waals surface area contributed by atoms with Crippen molar-refractivity contribution in [2.24, 2.45) is 7.05 Å². The van der Waals surface area contributed by atoms with E-state index in [9.17, 15) is 0 Å². The summed E-state index contributed by atoms with van der Waals surface area (Å²) in [7, 11) is 2.05. The Labute approximate surface area is 138 Å². The molecule has 1 N–H and O–H groups in total. The molecule has 0 amide bonds. The first-order valence-corrected chi connectivity index (χ1v) is 8.32. The highest BCUT2D eigenvalue weighted by atomic mass is 32.1. The number of thiophene rings is 1. The van der Waals surface area contributed by atoms with Crippen molar-refractivity contribution in [2.75, 3.05) is 5.32 Å². The highest BCUT2D eigenvalue weighted by Gasteiger charge is 2.13. The third-order valence-corrected chi connectivity index (χ3v) is 4.83. The molecule has 5 heteroatoms. The van der Waals surface area contributed by atoms with Crippen LogP contribution in [-0.4, -0.2) is 14.5 Å². The number of nitrogens with zero attached hydrogens (tertiary/aromatic N) is 3. The average molecular weight is 320 g/mol. The van der Waals surface area contributed by atoms with E-state index >= 15 is 0 Å². The monoisotopic (exact) mass is 320 g/mol. The van der Waals surface area contributed by atoms with E-state index in [4.69, 9.17) is 0 Å². The second-order valence-corrected chi connectivity index (χ2v) is 6.24. The summed E-state index contributed by atoms with van der Waals surface area (Å²) >= 11 is 1.65. The molecule has 0 spiro atoms. The van der Waals surface area contributed by atoms with E-state index in [2.05, 4.69) is 55.6 Å². The lowest BCUT2D eigenvalue weighted by atomic mass is 10.1. The van der Waals surface area contributed by atoms with Gasteiger partial charge in [0.2, 0.25) is 0 Å². The number of benzene rings is 1. The summed E-state index contributed by atoms with van der Waals surface area (Å²) in [6, 6.07) is 14.5. The molecule has 0 saturated heterocycles. The van der Waals surface area contributed by atoms with Crippen molar-refractivity contribution in [1.82, 2.24) is 14.5 Å². The molecule has 3 heterocycles. The summed E-state index contributed by atoms with van der Waals surface area (Å²) in [5, 5.41) is 6.71. The van der Waals surface area contributed by atoms with Crippen LogP contribution < -0.4 is 5.32 Å². The molecule has 0 saturated carbocycles. The smallest absolute Gasteiger partial charge is 0.139 e. The first-order chi connectivity index (χ1) is 11.3. The van der Waals surface area contributed by atoms with Gasteiger partial charge in [-0.15, -0.1) is 11.3 Å². The highest BCUT2D eigenvalue weighted by molar-refractivity contribution is 7.17. The summed E-state index contributed by atoms with van der Waals surface area (Å²) in [6.07, 6.45) is 3.67. The summed E-state index contributed by atoms with van der Waals surface area (Å²) < 4.78 is 2.11. The zero-order valence-electron chi connectivity index (χ0n) is 12.7. The molecule has 23 heavy (non-hydrogen) atoms. The fourth-order valence-electron chi connectivity index (χ4n) is 2.69. The van der Waals surface area contributed by atoms with Crippen molar-refractivity contribution in [2.45, 2.75) is 6.54 Å². The number of rotatable bonds is 4. The minimum Gasteiger partial charge on any atom is -0.364 e. The van der Waals surface area contributed by atoms with Crippen LogP contribution in [0.3, 0.4) is 0 Å². The van der Waals surface area contributed by atoms with Gasteiger partial charge in [-0.05, 0) is 17.7 Å². The van der Waals surface area contributed by atoms with E-state index < -0.39 is 0 Å².